The Balaban J connectivity index is 2.11. The third kappa shape index (κ3) is 4.33. The van der Waals surface area contributed by atoms with Gasteiger partial charge in [-0.1, -0.05) is 0 Å². The highest BCUT2D eigenvalue weighted by molar-refractivity contribution is 5.18. The Bertz CT molecular complexity index is 286. The van der Waals surface area contributed by atoms with Crippen molar-refractivity contribution in [3.63, 3.8) is 0 Å². The first-order valence-corrected chi connectivity index (χ1v) is 6.06. The zero-order chi connectivity index (χ0) is 11.8. The monoisotopic (exact) mass is 225 g/mol. The van der Waals surface area contributed by atoms with Crippen molar-refractivity contribution < 1.29 is 4.74 Å². The van der Waals surface area contributed by atoms with E-state index in [0.717, 1.165) is 38.3 Å². The molecule has 1 atom stereocenters. The van der Waals surface area contributed by atoms with E-state index in [-0.39, 0.29) is 0 Å². The van der Waals surface area contributed by atoms with Crippen molar-refractivity contribution in [3.05, 3.63) is 17.5 Å². The number of hydrogen-bond acceptors (Lipinski definition) is 3. The second kappa shape index (κ2) is 7.41. The summed E-state index contributed by atoms with van der Waals surface area (Å²) in [5.41, 5.74) is 2.40. The molecule has 1 rings (SSSR count). The second-order valence-corrected chi connectivity index (χ2v) is 4.03. The molecule has 0 amide bonds. The molecule has 0 aliphatic heterocycles. The molecule has 4 nitrogen and oxygen atoms in total. The number of nitrogens with one attached hydrogen (secondary N) is 2. The van der Waals surface area contributed by atoms with E-state index < -0.39 is 0 Å². The molecular formula is C12H23N3O. The van der Waals surface area contributed by atoms with Gasteiger partial charge in [0, 0.05) is 30.5 Å². The van der Waals surface area contributed by atoms with Crippen molar-refractivity contribution >= 4 is 0 Å². The van der Waals surface area contributed by atoms with E-state index in [2.05, 4.69) is 29.4 Å². The van der Waals surface area contributed by atoms with Crippen molar-refractivity contribution in [1.29, 1.82) is 0 Å². The van der Waals surface area contributed by atoms with Crippen molar-refractivity contribution in [3.8, 4) is 0 Å². The number of hydrogen-bond donors (Lipinski definition) is 2. The van der Waals surface area contributed by atoms with E-state index in [0.29, 0.717) is 6.04 Å². The van der Waals surface area contributed by atoms with Gasteiger partial charge in [0.25, 0.3) is 0 Å². The number of ether oxygens (including phenoxy) is 1. The Labute approximate surface area is 97.8 Å². The van der Waals surface area contributed by atoms with Crippen LogP contribution in [0, 0.1) is 6.92 Å². The summed E-state index contributed by atoms with van der Waals surface area (Å²) < 4.78 is 5.29. The van der Waals surface area contributed by atoms with Crippen LogP contribution >= 0.6 is 0 Å². The van der Waals surface area contributed by atoms with Crippen LogP contribution in [-0.2, 0) is 4.74 Å². The van der Waals surface area contributed by atoms with E-state index >= 15 is 0 Å². The number of rotatable bonds is 8. The van der Waals surface area contributed by atoms with Gasteiger partial charge in [0.15, 0.2) is 0 Å². The van der Waals surface area contributed by atoms with Gasteiger partial charge >= 0.3 is 0 Å². The summed E-state index contributed by atoms with van der Waals surface area (Å²) in [6.07, 6.45) is 4.17. The fourth-order valence-corrected chi connectivity index (χ4v) is 1.70. The standard InChI is InChI=1S/C12H23N3O/c1-4-16-8-6-5-7-13-10(2)12-9-14-15-11(12)3/h9-10,13H,4-8H2,1-3H3,(H,14,15). The number of aryl methyl sites for hydroxylation is 1. The fourth-order valence-electron chi connectivity index (χ4n) is 1.70. The van der Waals surface area contributed by atoms with Crippen LogP contribution in [0.15, 0.2) is 6.20 Å². The van der Waals surface area contributed by atoms with E-state index in [4.69, 9.17) is 4.74 Å². The predicted octanol–water partition coefficient (Wildman–Crippen LogP) is 2.19. The Morgan fingerprint density at radius 1 is 1.50 bits per heavy atom. The molecule has 0 aliphatic rings. The molecular weight excluding hydrogens is 202 g/mol. The molecule has 0 spiro atoms. The van der Waals surface area contributed by atoms with Crippen molar-refractivity contribution in [1.82, 2.24) is 15.5 Å². The maximum absolute atomic E-state index is 5.29. The summed E-state index contributed by atoms with van der Waals surface area (Å²) >= 11 is 0. The highest BCUT2D eigenvalue weighted by atomic mass is 16.5. The molecule has 1 aromatic heterocycles. The molecule has 0 fully saturated rings. The molecule has 1 heterocycles. The van der Waals surface area contributed by atoms with Crippen molar-refractivity contribution in [2.75, 3.05) is 19.8 Å². The molecule has 0 bridgehead atoms. The minimum absolute atomic E-state index is 0.367. The lowest BCUT2D eigenvalue weighted by Gasteiger charge is -2.12. The SMILES string of the molecule is CCOCCCCNC(C)c1cn[nH]c1C. The Hall–Kier alpha value is -0.870. The zero-order valence-corrected chi connectivity index (χ0v) is 10.5. The lowest BCUT2D eigenvalue weighted by molar-refractivity contribution is 0.143. The van der Waals surface area contributed by atoms with Gasteiger partial charge in [-0.25, -0.2) is 0 Å². The number of nitrogens with zero attached hydrogens (tertiary/aromatic N) is 1. The van der Waals surface area contributed by atoms with E-state index in [1.54, 1.807) is 0 Å². The Kier molecular flexibility index (Phi) is 6.11. The number of unbranched alkanes of at least 4 members (excludes halogenated alkanes) is 1. The minimum Gasteiger partial charge on any atom is -0.382 e. The highest BCUT2D eigenvalue weighted by Crippen LogP contribution is 2.13. The van der Waals surface area contributed by atoms with Gasteiger partial charge in [0.05, 0.1) is 6.20 Å². The molecule has 0 saturated carbocycles. The lowest BCUT2D eigenvalue weighted by atomic mass is 10.1. The van der Waals surface area contributed by atoms with Crippen LogP contribution in [0.4, 0.5) is 0 Å². The molecule has 4 heteroatoms. The summed E-state index contributed by atoms with van der Waals surface area (Å²) in [5, 5.41) is 10.5. The minimum atomic E-state index is 0.367. The highest BCUT2D eigenvalue weighted by Gasteiger charge is 2.08. The molecule has 2 N–H and O–H groups in total. The van der Waals surface area contributed by atoms with Gasteiger partial charge < -0.3 is 10.1 Å². The number of H-pyrrole nitrogens is 1. The zero-order valence-electron chi connectivity index (χ0n) is 10.5. The van der Waals surface area contributed by atoms with Crippen LogP contribution in [0.2, 0.25) is 0 Å². The average Bonchev–Trinajstić information content (AvgIpc) is 2.69. The molecule has 0 saturated heterocycles. The molecule has 0 aromatic carbocycles. The molecule has 1 unspecified atom stereocenters. The Morgan fingerprint density at radius 2 is 2.31 bits per heavy atom. The first-order valence-electron chi connectivity index (χ1n) is 6.06. The van der Waals surface area contributed by atoms with Crippen LogP contribution in [0.25, 0.3) is 0 Å². The molecule has 92 valence electrons. The summed E-state index contributed by atoms with van der Waals surface area (Å²) in [7, 11) is 0. The maximum Gasteiger partial charge on any atom is 0.0537 e. The van der Waals surface area contributed by atoms with Gasteiger partial charge in [-0.05, 0) is 40.2 Å². The maximum atomic E-state index is 5.29. The summed E-state index contributed by atoms with van der Waals surface area (Å²) in [6.45, 7) is 8.96. The van der Waals surface area contributed by atoms with Crippen molar-refractivity contribution in [2.45, 2.75) is 39.7 Å². The predicted molar refractivity (Wildman–Crippen MR) is 65.5 cm³/mol. The van der Waals surface area contributed by atoms with Gasteiger partial charge in [-0.15, -0.1) is 0 Å². The van der Waals surface area contributed by atoms with Crippen LogP contribution < -0.4 is 5.32 Å². The van der Waals surface area contributed by atoms with Gasteiger partial charge in [-0.3, -0.25) is 5.10 Å². The van der Waals surface area contributed by atoms with Crippen molar-refractivity contribution in [2.24, 2.45) is 0 Å². The number of aromatic amines is 1. The van der Waals surface area contributed by atoms with Crippen LogP contribution in [0.1, 0.15) is 44.0 Å². The molecule has 0 radical (unpaired) electrons. The number of aromatic nitrogens is 2. The largest absolute Gasteiger partial charge is 0.382 e. The van der Waals surface area contributed by atoms with Gasteiger partial charge in [0.1, 0.15) is 0 Å². The van der Waals surface area contributed by atoms with Crippen LogP contribution in [0.5, 0.6) is 0 Å². The van der Waals surface area contributed by atoms with Crippen LogP contribution in [-0.4, -0.2) is 30.0 Å². The third-order valence-electron chi connectivity index (χ3n) is 2.71. The third-order valence-corrected chi connectivity index (χ3v) is 2.71. The average molecular weight is 225 g/mol. The molecule has 1 aromatic rings. The second-order valence-electron chi connectivity index (χ2n) is 4.03. The first kappa shape index (κ1) is 13.2. The lowest BCUT2D eigenvalue weighted by Crippen LogP contribution is -2.20. The summed E-state index contributed by atoms with van der Waals surface area (Å²) in [6, 6.07) is 0.367. The fraction of sp³-hybridized carbons (Fsp3) is 0.750. The van der Waals surface area contributed by atoms with Gasteiger partial charge in [0.2, 0.25) is 0 Å². The topological polar surface area (TPSA) is 49.9 Å². The summed E-state index contributed by atoms with van der Waals surface area (Å²) in [5.74, 6) is 0. The molecule has 16 heavy (non-hydrogen) atoms. The normalized spacial score (nSPS) is 12.9. The van der Waals surface area contributed by atoms with E-state index in [9.17, 15) is 0 Å². The quantitative estimate of drug-likeness (QED) is 0.667. The Morgan fingerprint density at radius 3 is 2.94 bits per heavy atom. The van der Waals surface area contributed by atoms with E-state index in [1.165, 1.54) is 5.56 Å². The first-order chi connectivity index (χ1) is 7.75. The molecule has 0 aliphatic carbocycles. The van der Waals surface area contributed by atoms with Crippen LogP contribution in [0.3, 0.4) is 0 Å². The van der Waals surface area contributed by atoms with E-state index in [1.807, 2.05) is 13.1 Å². The van der Waals surface area contributed by atoms with Gasteiger partial charge in [-0.2, -0.15) is 5.10 Å². The smallest absolute Gasteiger partial charge is 0.0537 e. The summed E-state index contributed by atoms with van der Waals surface area (Å²) in [4.78, 5) is 0.